The third kappa shape index (κ3) is 3.43. The zero-order chi connectivity index (χ0) is 15.5. The average Bonchev–Trinajstić information content (AvgIpc) is 2.99. The summed E-state index contributed by atoms with van der Waals surface area (Å²) in [4.78, 5) is 14.7. The Bertz CT molecular complexity index is 696. The Kier molecular flexibility index (Phi) is 4.36. The molecule has 22 heavy (non-hydrogen) atoms. The summed E-state index contributed by atoms with van der Waals surface area (Å²) >= 11 is 5.80. The van der Waals surface area contributed by atoms with Crippen molar-refractivity contribution in [3.8, 4) is 0 Å². The van der Waals surface area contributed by atoms with E-state index in [-0.39, 0.29) is 16.4 Å². The van der Waals surface area contributed by atoms with Crippen LogP contribution in [0.4, 0.5) is 4.39 Å². The lowest BCUT2D eigenvalue weighted by Crippen LogP contribution is -2.19. The fourth-order valence-electron chi connectivity index (χ4n) is 2.52. The van der Waals surface area contributed by atoms with E-state index in [2.05, 4.69) is 17.1 Å². The van der Waals surface area contributed by atoms with Crippen LogP contribution in [0.2, 0.25) is 5.02 Å². The first-order valence-corrected chi connectivity index (χ1v) is 7.47. The number of hydrogen-bond donors (Lipinski definition) is 0. The molecule has 4 heteroatoms. The molecule has 0 saturated carbocycles. The molecule has 2 aromatic rings. The van der Waals surface area contributed by atoms with Crippen molar-refractivity contribution in [3.63, 3.8) is 0 Å². The minimum atomic E-state index is -0.506. The number of nitrogens with zero attached hydrogens (tertiary/aromatic N) is 1. The third-order valence-electron chi connectivity index (χ3n) is 3.64. The molecular weight excluding hydrogens is 301 g/mol. The largest absolute Gasteiger partial charge is 0.292 e. The maximum Gasteiger partial charge on any atom is 0.193 e. The number of benzene rings is 2. The lowest BCUT2D eigenvalue weighted by Gasteiger charge is -2.14. The minimum Gasteiger partial charge on any atom is -0.292 e. The molecule has 0 fully saturated rings. The highest BCUT2D eigenvalue weighted by Crippen LogP contribution is 2.18. The highest BCUT2D eigenvalue weighted by molar-refractivity contribution is 6.31. The van der Waals surface area contributed by atoms with Crippen LogP contribution >= 0.6 is 11.6 Å². The fourth-order valence-corrected chi connectivity index (χ4v) is 2.74. The molecule has 0 bridgehead atoms. The van der Waals surface area contributed by atoms with Crippen LogP contribution in [0.25, 0.3) is 0 Å². The SMILES string of the molecule is O=C(c1ccc(CN2CC=CC2)cc1)c1cc(F)cc(Cl)c1. The van der Waals surface area contributed by atoms with Crippen LogP contribution in [-0.2, 0) is 6.54 Å². The van der Waals surface area contributed by atoms with Gasteiger partial charge >= 0.3 is 0 Å². The first-order chi connectivity index (χ1) is 10.6. The molecule has 0 unspecified atom stereocenters. The van der Waals surface area contributed by atoms with Crippen LogP contribution in [0.1, 0.15) is 21.5 Å². The van der Waals surface area contributed by atoms with Crippen LogP contribution in [0.15, 0.2) is 54.6 Å². The minimum absolute atomic E-state index is 0.224. The van der Waals surface area contributed by atoms with E-state index in [9.17, 15) is 9.18 Å². The maximum atomic E-state index is 13.3. The summed E-state index contributed by atoms with van der Waals surface area (Å²) in [6.07, 6.45) is 4.29. The van der Waals surface area contributed by atoms with Gasteiger partial charge in [0.1, 0.15) is 5.82 Å². The number of carbonyl (C=O) groups excluding carboxylic acids is 1. The van der Waals surface area contributed by atoms with Crippen LogP contribution < -0.4 is 0 Å². The van der Waals surface area contributed by atoms with E-state index in [1.54, 1.807) is 12.1 Å². The summed E-state index contributed by atoms with van der Waals surface area (Å²) < 4.78 is 13.3. The molecule has 2 aromatic carbocycles. The fraction of sp³-hybridized carbons (Fsp3) is 0.167. The third-order valence-corrected chi connectivity index (χ3v) is 3.86. The van der Waals surface area contributed by atoms with Crippen LogP contribution in [0, 0.1) is 5.82 Å². The Morgan fingerprint density at radius 1 is 1.05 bits per heavy atom. The van der Waals surface area contributed by atoms with Crippen molar-refractivity contribution in [2.24, 2.45) is 0 Å². The molecule has 0 radical (unpaired) electrons. The van der Waals surface area contributed by atoms with Gasteiger partial charge in [0, 0.05) is 35.8 Å². The first-order valence-electron chi connectivity index (χ1n) is 7.09. The van der Waals surface area contributed by atoms with E-state index >= 15 is 0 Å². The zero-order valence-electron chi connectivity index (χ0n) is 11.9. The number of hydrogen-bond acceptors (Lipinski definition) is 2. The number of rotatable bonds is 4. The molecule has 0 atom stereocenters. The Morgan fingerprint density at radius 3 is 2.36 bits per heavy atom. The lowest BCUT2D eigenvalue weighted by molar-refractivity contribution is 0.103. The molecule has 1 heterocycles. The van der Waals surface area contributed by atoms with E-state index in [1.165, 1.54) is 18.2 Å². The molecule has 0 aliphatic carbocycles. The Labute approximate surface area is 133 Å². The Morgan fingerprint density at radius 2 is 1.73 bits per heavy atom. The van der Waals surface area contributed by atoms with E-state index < -0.39 is 5.82 Å². The second kappa shape index (κ2) is 6.42. The zero-order valence-corrected chi connectivity index (χ0v) is 12.7. The Hall–Kier alpha value is -1.97. The van der Waals surface area contributed by atoms with E-state index in [0.29, 0.717) is 5.56 Å². The molecule has 0 saturated heterocycles. The second-order valence-corrected chi connectivity index (χ2v) is 5.79. The highest BCUT2D eigenvalue weighted by Gasteiger charge is 2.12. The van der Waals surface area contributed by atoms with Crippen molar-refractivity contribution in [1.82, 2.24) is 4.90 Å². The number of halogens is 2. The smallest absolute Gasteiger partial charge is 0.193 e. The van der Waals surface area contributed by atoms with Gasteiger partial charge in [-0.2, -0.15) is 0 Å². The topological polar surface area (TPSA) is 20.3 Å². The normalized spacial score (nSPS) is 14.5. The number of ketones is 1. The summed E-state index contributed by atoms with van der Waals surface area (Å²) in [5.74, 6) is -0.732. The van der Waals surface area contributed by atoms with Crippen molar-refractivity contribution >= 4 is 17.4 Å². The molecule has 0 aromatic heterocycles. The maximum absolute atomic E-state index is 13.3. The van der Waals surface area contributed by atoms with Crippen LogP contribution in [0.5, 0.6) is 0 Å². The number of carbonyl (C=O) groups is 1. The molecule has 0 spiro atoms. The van der Waals surface area contributed by atoms with Gasteiger partial charge in [-0.25, -0.2) is 4.39 Å². The van der Waals surface area contributed by atoms with Gasteiger partial charge in [0.25, 0.3) is 0 Å². The lowest BCUT2D eigenvalue weighted by atomic mass is 10.0. The van der Waals surface area contributed by atoms with E-state index in [1.807, 2.05) is 12.1 Å². The molecule has 0 amide bonds. The predicted octanol–water partition coefficient (Wildman–Crippen LogP) is 4.08. The Balaban J connectivity index is 1.75. The summed E-state index contributed by atoms with van der Waals surface area (Å²) in [7, 11) is 0. The van der Waals surface area contributed by atoms with Crippen molar-refractivity contribution in [2.45, 2.75) is 6.54 Å². The van der Waals surface area contributed by atoms with Crippen molar-refractivity contribution < 1.29 is 9.18 Å². The van der Waals surface area contributed by atoms with Gasteiger partial charge in [0.05, 0.1) is 0 Å². The average molecular weight is 316 g/mol. The van der Waals surface area contributed by atoms with Gasteiger partial charge < -0.3 is 0 Å². The molecule has 1 aliphatic heterocycles. The molecule has 2 nitrogen and oxygen atoms in total. The molecular formula is C18H15ClFNO. The highest BCUT2D eigenvalue weighted by atomic mass is 35.5. The van der Waals surface area contributed by atoms with Crippen LogP contribution in [-0.4, -0.2) is 23.8 Å². The first kappa shape index (κ1) is 14.9. The quantitative estimate of drug-likeness (QED) is 0.626. The van der Waals surface area contributed by atoms with Gasteiger partial charge in [0.2, 0.25) is 0 Å². The second-order valence-electron chi connectivity index (χ2n) is 5.35. The van der Waals surface area contributed by atoms with Crippen LogP contribution in [0.3, 0.4) is 0 Å². The van der Waals surface area contributed by atoms with Gasteiger partial charge in [0.15, 0.2) is 5.78 Å². The van der Waals surface area contributed by atoms with Gasteiger partial charge in [-0.05, 0) is 23.8 Å². The predicted molar refractivity (Wildman–Crippen MR) is 85.7 cm³/mol. The van der Waals surface area contributed by atoms with Gasteiger partial charge in [-0.15, -0.1) is 0 Å². The van der Waals surface area contributed by atoms with Crippen molar-refractivity contribution in [3.05, 3.63) is 82.1 Å². The van der Waals surface area contributed by atoms with Crippen molar-refractivity contribution in [1.29, 1.82) is 0 Å². The standard InChI is InChI=1S/C18H15ClFNO/c19-16-9-15(10-17(20)11-16)18(22)14-5-3-13(4-6-14)12-21-7-1-2-8-21/h1-6,9-11H,7-8,12H2. The monoisotopic (exact) mass is 315 g/mol. The van der Waals surface area contributed by atoms with E-state index in [4.69, 9.17) is 11.6 Å². The van der Waals surface area contributed by atoms with E-state index in [0.717, 1.165) is 25.2 Å². The summed E-state index contributed by atoms with van der Waals surface area (Å²) in [6, 6.07) is 11.3. The molecule has 3 rings (SSSR count). The summed E-state index contributed by atoms with van der Waals surface area (Å²) in [6.45, 7) is 2.78. The summed E-state index contributed by atoms with van der Waals surface area (Å²) in [5, 5.41) is 0.224. The van der Waals surface area contributed by atoms with Gasteiger partial charge in [-0.1, -0.05) is 48.0 Å². The molecule has 0 N–H and O–H groups in total. The van der Waals surface area contributed by atoms with Gasteiger partial charge in [-0.3, -0.25) is 9.69 Å². The molecule has 1 aliphatic rings. The summed E-state index contributed by atoms with van der Waals surface area (Å²) in [5.41, 5.74) is 1.95. The molecule has 112 valence electrons. The van der Waals surface area contributed by atoms with Crippen molar-refractivity contribution in [2.75, 3.05) is 13.1 Å².